The molecular weight excluding hydrogens is 548 g/mol. The summed E-state index contributed by atoms with van der Waals surface area (Å²) in [6.07, 6.45) is 1.58. The Bertz CT molecular complexity index is 1560. The Morgan fingerprint density at radius 2 is 0.977 bits per heavy atom. The maximum absolute atomic E-state index is 13.9. The van der Waals surface area contributed by atoms with E-state index in [0.717, 1.165) is 46.5 Å². The number of nitrogens with one attached hydrogen (secondary N) is 2. The lowest BCUT2D eigenvalue weighted by Crippen LogP contribution is -2.23. The average Bonchev–Trinajstić information content (AvgIpc) is 3.02. The number of ether oxygens (including phenoxy) is 2. The molecular formula is C38H38N2O4. The van der Waals surface area contributed by atoms with Crippen LogP contribution < -0.4 is 10.6 Å². The number of carbonyl (C=O) groups is 2. The van der Waals surface area contributed by atoms with E-state index in [1.54, 1.807) is 24.3 Å². The fourth-order valence-corrected chi connectivity index (χ4v) is 5.12. The number of ketones is 2. The Morgan fingerprint density at radius 3 is 1.34 bits per heavy atom. The number of hydrogen-bond acceptors (Lipinski definition) is 6. The summed E-state index contributed by atoms with van der Waals surface area (Å²) in [6, 6.07) is 26.7. The lowest BCUT2D eigenvalue weighted by Gasteiger charge is -2.24. The average molecular weight is 587 g/mol. The van der Waals surface area contributed by atoms with Gasteiger partial charge >= 0.3 is 0 Å². The van der Waals surface area contributed by atoms with Gasteiger partial charge in [0, 0.05) is 22.5 Å². The van der Waals surface area contributed by atoms with Crippen molar-refractivity contribution in [2.45, 2.75) is 26.7 Å². The van der Waals surface area contributed by atoms with E-state index in [2.05, 4.69) is 23.8 Å². The van der Waals surface area contributed by atoms with Crippen molar-refractivity contribution in [3.05, 3.63) is 143 Å². The molecule has 6 nitrogen and oxygen atoms in total. The van der Waals surface area contributed by atoms with Crippen LogP contribution in [-0.2, 0) is 22.3 Å². The van der Waals surface area contributed by atoms with Crippen LogP contribution in [0.5, 0.6) is 0 Å². The van der Waals surface area contributed by atoms with Gasteiger partial charge in [-0.1, -0.05) is 72.8 Å². The summed E-state index contributed by atoms with van der Waals surface area (Å²) in [5.41, 5.74) is 8.64. The minimum Gasteiger partial charge on any atom is -0.377 e. The lowest BCUT2D eigenvalue weighted by atomic mass is 9.82. The van der Waals surface area contributed by atoms with Crippen molar-refractivity contribution >= 4 is 34.3 Å². The summed E-state index contributed by atoms with van der Waals surface area (Å²) in [4.78, 5) is 27.7. The van der Waals surface area contributed by atoms with E-state index in [0.29, 0.717) is 60.1 Å². The molecule has 6 heteroatoms. The van der Waals surface area contributed by atoms with Gasteiger partial charge in [-0.15, -0.1) is 0 Å². The molecule has 1 aliphatic carbocycles. The van der Waals surface area contributed by atoms with Crippen LogP contribution >= 0.6 is 0 Å². The van der Waals surface area contributed by atoms with Crippen molar-refractivity contribution in [3.8, 4) is 0 Å². The van der Waals surface area contributed by atoms with Gasteiger partial charge in [0.05, 0.1) is 48.9 Å². The Balaban J connectivity index is 1.38. The van der Waals surface area contributed by atoms with Crippen LogP contribution in [0.15, 0.2) is 109 Å². The molecule has 1 aliphatic rings. The molecule has 4 aromatic rings. The fourth-order valence-electron chi connectivity index (χ4n) is 5.12. The first-order chi connectivity index (χ1) is 21.3. The molecule has 0 atom stereocenters. The van der Waals surface area contributed by atoms with Gasteiger partial charge in [0.2, 0.25) is 0 Å². The molecule has 0 fully saturated rings. The topological polar surface area (TPSA) is 76.7 Å². The number of benzene rings is 4. The van der Waals surface area contributed by atoms with Crippen molar-refractivity contribution in [3.63, 3.8) is 0 Å². The summed E-state index contributed by atoms with van der Waals surface area (Å²) in [6.45, 7) is 14.0. The normalized spacial score (nSPS) is 12.0. The van der Waals surface area contributed by atoms with Gasteiger partial charge in [-0.25, -0.2) is 0 Å². The van der Waals surface area contributed by atoms with Gasteiger partial charge in [0.15, 0.2) is 11.6 Å². The van der Waals surface area contributed by atoms with Crippen LogP contribution in [0.25, 0.3) is 0 Å². The highest BCUT2D eigenvalue weighted by Crippen LogP contribution is 2.38. The second-order valence-electron chi connectivity index (χ2n) is 11.3. The van der Waals surface area contributed by atoms with E-state index in [4.69, 9.17) is 9.47 Å². The molecule has 0 amide bonds. The minimum atomic E-state index is -0.183. The van der Waals surface area contributed by atoms with Crippen molar-refractivity contribution in [1.29, 1.82) is 0 Å². The van der Waals surface area contributed by atoms with Crippen LogP contribution in [0.3, 0.4) is 0 Å². The monoisotopic (exact) mass is 586 g/mol. The zero-order valence-electron chi connectivity index (χ0n) is 25.4. The number of rotatable bonds is 14. The van der Waals surface area contributed by atoms with E-state index >= 15 is 0 Å². The highest BCUT2D eigenvalue weighted by molar-refractivity contribution is 6.32. The van der Waals surface area contributed by atoms with E-state index in [9.17, 15) is 9.59 Å². The maximum Gasteiger partial charge on any atom is 0.196 e. The van der Waals surface area contributed by atoms with Gasteiger partial charge in [-0.2, -0.15) is 0 Å². The fraction of sp³-hybridized carbons (Fsp3) is 0.211. The van der Waals surface area contributed by atoms with Crippen LogP contribution in [0.1, 0.15) is 56.8 Å². The standard InChI is InChI=1S/C38H38N2O4/c1-25(2)23-43-21-19-27-9-13-29(14-10-27)39-33-17-18-34(36-35(33)37(41)31-7-5-6-8-32(31)38(36)42)40-30-15-11-28(12-16-30)20-22-44-24-26(3)4/h5-18,39-40H,1,3,19-24H2,2,4H3. The van der Waals surface area contributed by atoms with Gasteiger partial charge < -0.3 is 20.1 Å². The Hall–Kier alpha value is -4.78. The Morgan fingerprint density at radius 1 is 0.591 bits per heavy atom. The second kappa shape index (κ2) is 14.1. The molecule has 0 saturated carbocycles. The van der Waals surface area contributed by atoms with Crippen molar-refractivity contribution in [2.24, 2.45) is 0 Å². The van der Waals surface area contributed by atoms with Crippen LogP contribution in [0, 0.1) is 0 Å². The van der Waals surface area contributed by atoms with Crippen molar-refractivity contribution in [1.82, 2.24) is 0 Å². The number of anilines is 4. The Labute approximate surface area is 259 Å². The van der Waals surface area contributed by atoms with E-state index in [-0.39, 0.29) is 11.6 Å². The SMILES string of the molecule is C=C(C)COCCc1ccc(Nc2ccc(Nc3ccc(CCOCC(=C)C)cc3)c3c2C(=O)c2ccccc2C3=O)cc1. The van der Waals surface area contributed by atoms with Crippen molar-refractivity contribution < 1.29 is 19.1 Å². The zero-order valence-corrected chi connectivity index (χ0v) is 25.4. The molecule has 4 aromatic carbocycles. The summed E-state index contributed by atoms with van der Waals surface area (Å²) >= 11 is 0. The van der Waals surface area contributed by atoms with E-state index < -0.39 is 0 Å². The summed E-state index contributed by atoms with van der Waals surface area (Å²) in [5.74, 6) is -0.365. The summed E-state index contributed by atoms with van der Waals surface area (Å²) in [5, 5.41) is 6.78. The number of fused-ring (bicyclic) bond motifs is 2. The predicted molar refractivity (Wildman–Crippen MR) is 178 cm³/mol. The molecule has 5 rings (SSSR count). The second-order valence-corrected chi connectivity index (χ2v) is 11.3. The molecule has 44 heavy (non-hydrogen) atoms. The van der Waals surface area contributed by atoms with E-state index in [1.165, 1.54) is 0 Å². The molecule has 0 spiro atoms. The lowest BCUT2D eigenvalue weighted by molar-refractivity contribution is 0.0980. The third-order valence-electron chi connectivity index (χ3n) is 7.31. The maximum atomic E-state index is 13.9. The number of carbonyl (C=O) groups excluding carboxylic acids is 2. The molecule has 2 N–H and O–H groups in total. The first-order valence-electron chi connectivity index (χ1n) is 14.8. The molecule has 0 aliphatic heterocycles. The van der Waals surface area contributed by atoms with Gasteiger partial charge in [-0.3, -0.25) is 9.59 Å². The molecule has 0 heterocycles. The molecule has 0 bridgehead atoms. The summed E-state index contributed by atoms with van der Waals surface area (Å²) < 4.78 is 11.3. The molecule has 0 saturated heterocycles. The highest BCUT2D eigenvalue weighted by atomic mass is 16.5. The summed E-state index contributed by atoms with van der Waals surface area (Å²) in [7, 11) is 0. The third kappa shape index (κ3) is 7.40. The van der Waals surface area contributed by atoms with Gasteiger partial charge in [-0.05, 0) is 74.2 Å². The van der Waals surface area contributed by atoms with Crippen LogP contribution in [0.2, 0.25) is 0 Å². The quantitative estimate of drug-likeness (QED) is 0.101. The predicted octanol–water partition coefficient (Wildman–Crippen LogP) is 8.22. The first-order valence-corrected chi connectivity index (χ1v) is 14.8. The molecule has 0 aromatic heterocycles. The minimum absolute atomic E-state index is 0.183. The largest absolute Gasteiger partial charge is 0.377 e. The van der Waals surface area contributed by atoms with E-state index in [1.807, 2.05) is 74.5 Å². The molecule has 0 radical (unpaired) electrons. The zero-order chi connectivity index (χ0) is 31.1. The third-order valence-corrected chi connectivity index (χ3v) is 7.31. The van der Waals surface area contributed by atoms with Crippen LogP contribution in [-0.4, -0.2) is 38.0 Å². The van der Waals surface area contributed by atoms with Gasteiger partial charge in [0.1, 0.15) is 0 Å². The smallest absolute Gasteiger partial charge is 0.196 e. The number of hydrogen-bond donors (Lipinski definition) is 2. The molecule has 0 unspecified atom stereocenters. The highest BCUT2D eigenvalue weighted by Gasteiger charge is 2.34. The van der Waals surface area contributed by atoms with Crippen molar-refractivity contribution in [2.75, 3.05) is 37.1 Å². The molecule has 224 valence electrons. The van der Waals surface area contributed by atoms with Crippen LogP contribution in [0.4, 0.5) is 22.7 Å². The van der Waals surface area contributed by atoms with Gasteiger partial charge in [0.25, 0.3) is 0 Å². The Kier molecular flexibility index (Phi) is 9.85. The first kappa shape index (κ1) is 30.7.